The fraction of sp³-hybridized carbons (Fsp3) is 0.941. The summed E-state index contributed by atoms with van der Waals surface area (Å²) in [4.78, 5) is 12.4. The quantitative estimate of drug-likeness (QED) is 0.816. The first-order valence-corrected chi connectivity index (χ1v) is 8.71. The predicted octanol–water partition coefficient (Wildman–Crippen LogP) is 3.01. The van der Waals surface area contributed by atoms with Gasteiger partial charge in [0.2, 0.25) is 5.91 Å². The Hall–Kier alpha value is -0.570. The molecule has 3 nitrogen and oxygen atoms in total. The van der Waals surface area contributed by atoms with E-state index in [1.165, 1.54) is 32.1 Å². The van der Waals surface area contributed by atoms with E-state index >= 15 is 0 Å². The highest BCUT2D eigenvalue weighted by molar-refractivity contribution is 5.79. The molecule has 3 fully saturated rings. The molecule has 0 aromatic carbocycles. The number of hydrogen-bond donors (Lipinski definition) is 2. The summed E-state index contributed by atoms with van der Waals surface area (Å²) in [7, 11) is 0. The number of aliphatic hydroxyl groups is 1. The maximum Gasteiger partial charge on any atom is 0.223 e. The van der Waals surface area contributed by atoms with E-state index in [4.69, 9.17) is 0 Å². The van der Waals surface area contributed by atoms with Crippen molar-refractivity contribution in [2.24, 2.45) is 17.8 Å². The summed E-state index contributed by atoms with van der Waals surface area (Å²) in [5, 5.41) is 12.8. The molecule has 3 aliphatic rings. The van der Waals surface area contributed by atoms with Crippen molar-refractivity contribution in [3.05, 3.63) is 0 Å². The van der Waals surface area contributed by atoms with E-state index in [1.54, 1.807) is 0 Å². The summed E-state index contributed by atoms with van der Waals surface area (Å²) in [5.41, 5.74) is 0. The lowest BCUT2D eigenvalue weighted by atomic mass is 9.67. The van der Waals surface area contributed by atoms with E-state index in [-0.39, 0.29) is 12.0 Å². The number of carbonyl (C=O) groups excluding carboxylic acids is 1. The zero-order valence-electron chi connectivity index (χ0n) is 12.5. The van der Waals surface area contributed by atoms with Crippen molar-refractivity contribution in [3.63, 3.8) is 0 Å². The molecule has 0 radical (unpaired) electrons. The smallest absolute Gasteiger partial charge is 0.223 e. The van der Waals surface area contributed by atoms with Gasteiger partial charge in [-0.15, -0.1) is 0 Å². The molecule has 114 valence electrons. The second kappa shape index (κ2) is 6.46. The van der Waals surface area contributed by atoms with E-state index in [1.807, 2.05) is 0 Å². The lowest BCUT2D eigenvalue weighted by Gasteiger charge is -2.39. The molecule has 0 aromatic rings. The van der Waals surface area contributed by atoms with Crippen molar-refractivity contribution in [1.82, 2.24) is 5.32 Å². The third-order valence-corrected chi connectivity index (χ3v) is 5.95. The largest absolute Gasteiger partial charge is 0.393 e. The SMILES string of the molecule is O=C(NC1CCC(O)CC1)C1CCC2CCCCC2C1. The van der Waals surface area contributed by atoms with Crippen LogP contribution < -0.4 is 5.32 Å². The third kappa shape index (κ3) is 3.36. The van der Waals surface area contributed by atoms with Crippen molar-refractivity contribution in [2.45, 2.75) is 82.8 Å². The Labute approximate surface area is 122 Å². The van der Waals surface area contributed by atoms with Crippen LogP contribution in [-0.2, 0) is 4.79 Å². The van der Waals surface area contributed by atoms with Gasteiger partial charge < -0.3 is 10.4 Å². The fourth-order valence-electron chi connectivity index (χ4n) is 4.65. The van der Waals surface area contributed by atoms with Crippen LogP contribution in [-0.4, -0.2) is 23.2 Å². The molecule has 3 aliphatic carbocycles. The average Bonchev–Trinajstić information content (AvgIpc) is 2.49. The molecular formula is C17H29NO2. The molecule has 0 spiro atoms. The van der Waals surface area contributed by atoms with Gasteiger partial charge in [-0.3, -0.25) is 4.79 Å². The third-order valence-electron chi connectivity index (χ3n) is 5.95. The first-order valence-electron chi connectivity index (χ1n) is 8.71. The Morgan fingerprint density at radius 2 is 1.55 bits per heavy atom. The van der Waals surface area contributed by atoms with Gasteiger partial charge >= 0.3 is 0 Å². The highest BCUT2D eigenvalue weighted by atomic mass is 16.3. The van der Waals surface area contributed by atoms with Crippen LogP contribution in [0.1, 0.15) is 70.6 Å². The highest BCUT2D eigenvalue weighted by Crippen LogP contribution is 2.42. The zero-order valence-corrected chi connectivity index (χ0v) is 12.5. The molecule has 3 atom stereocenters. The molecule has 2 N–H and O–H groups in total. The number of fused-ring (bicyclic) bond motifs is 1. The van der Waals surface area contributed by atoms with Crippen molar-refractivity contribution >= 4 is 5.91 Å². The summed E-state index contributed by atoms with van der Waals surface area (Å²) in [6.45, 7) is 0. The Bertz CT molecular complexity index is 336. The van der Waals surface area contributed by atoms with Crippen LogP contribution in [0.25, 0.3) is 0 Å². The molecule has 0 heterocycles. The van der Waals surface area contributed by atoms with Crippen molar-refractivity contribution in [3.8, 4) is 0 Å². The number of amides is 1. The molecule has 3 saturated carbocycles. The number of rotatable bonds is 2. The summed E-state index contributed by atoms with van der Waals surface area (Å²) in [6.07, 6.45) is 12.5. The van der Waals surface area contributed by atoms with E-state index in [0.717, 1.165) is 50.4 Å². The maximum absolute atomic E-state index is 12.4. The molecule has 3 rings (SSSR count). The van der Waals surface area contributed by atoms with Crippen LogP contribution >= 0.6 is 0 Å². The number of nitrogens with one attached hydrogen (secondary N) is 1. The standard InChI is InChI=1S/C17H29NO2/c19-16-9-7-15(8-10-16)18-17(20)14-6-5-12-3-1-2-4-13(12)11-14/h12-16,19H,1-11H2,(H,18,20). The van der Waals surface area contributed by atoms with Gasteiger partial charge in [0.15, 0.2) is 0 Å². The summed E-state index contributed by atoms with van der Waals surface area (Å²) < 4.78 is 0. The van der Waals surface area contributed by atoms with Crippen LogP contribution in [0.3, 0.4) is 0 Å². The van der Waals surface area contributed by atoms with Gasteiger partial charge in [-0.05, 0) is 56.8 Å². The van der Waals surface area contributed by atoms with Gasteiger partial charge in [-0.2, -0.15) is 0 Å². The molecule has 20 heavy (non-hydrogen) atoms. The first-order chi connectivity index (χ1) is 9.72. The lowest BCUT2D eigenvalue weighted by Crippen LogP contribution is -2.43. The van der Waals surface area contributed by atoms with Crippen molar-refractivity contribution < 1.29 is 9.90 Å². The van der Waals surface area contributed by atoms with Crippen LogP contribution in [0, 0.1) is 17.8 Å². The second-order valence-corrected chi connectivity index (χ2v) is 7.33. The van der Waals surface area contributed by atoms with Gasteiger partial charge in [0.05, 0.1) is 6.10 Å². The molecule has 0 aromatic heterocycles. The summed E-state index contributed by atoms with van der Waals surface area (Å²) in [5.74, 6) is 2.30. The molecule has 3 heteroatoms. The van der Waals surface area contributed by atoms with Gasteiger partial charge in [-0.25, -0.2) is 0 Å². The monoisotopic (exact) mass is 279 g/mol. The minimum Gasteiger partial charge on any atom is -0.393 e. The number of hydrogen-bond acceptors (Lipinski definition) is 2. The van der Waals surface area contributed by atoms with Crippen molar-refractivity contribution in [1.29, 1.82) is 0 Å². The van der Waals surface area contributed by atoms with E-state index in [2.05, 4.69) is 5.32 Å². The van der Waals surface area contributed by atoms with Gasteiger partial charge in [-0.1, -0.05) is 25.7 Å². The van der Waals surface area contributed by atoms with Gasteiger partial charge in [0, 0.05) is 12.0 Å². The van der Waals surface area contributed by atoms with Crippen molar-refractivity contribution in [2.75, 3.05) is 0 Å². The maximum atomic E-state index is 12.4. The molecule has 3 unspecified atom stereocenters. The zero-order chi connectivity index (χ0) is 13.9. The summed E-state index contributed by atoms with van der Waals surface area (Å²) >= 11 is 0. The number of carbonyl (C=O) groups is 1. The minimum atomic E-state index is -0.138. The number of aliphatic hydroxyl groups excluding tert-OH is 1. The van der Waals surface area contributed by atoms with Gasteiger partial charge in [0.1, 0.15) is 0 Å². The van der Waals surface area contributed by atoms with E-state index in [0.29, 0.717) is 11.9 Å². The fourth-order valence-corrected chi connectivity index (χ4v) is 4.65. The Morgan fingerprint density at radius 3 is 2.30 bits per heavy atom. The molecule has 0 saturated heterocycles. The normalized spacial score (nSPS) is 41.8. The molecule has 1 amide bonds. The van der Waals surface area contributed by atoms with Crippen LogP contribution in [0.15, 0.2) is 0 Å². The minimum absolute atomic E-state index is 0.138. The lowest BCUT2D eigenvalue weighted by molar-refractivity contribution is -0.128. The highest BCUT2D eigenvalue weighted by Gasteiger charge is 2.35. The second-order valence-electron chi connectivity index (χ2n) is 7.33. The molecule has 0 aliphatic heterocycles. The summed E-state index contributed by atoms with van der Waals surface area (Å²) in [6, 6.07) is 0.315. The first kappa shape index (κ1) is 14.4. The van der Waals surface area contributed by atoms with Gasteiger partial charge in [0.25, 0.3) is 0 Å². The van der Waals surface area contributed by atoms with E-state index < -0.39 is 0 Å². The topological polar surface area (TPSA) is 49.3 Å². The Kier molecular flexibility index (Phi) is 4.65. The molecular weight excluding hydrogens is 250 g/mol. The van der Waals surface area contributed by atoms with E-state index in [9.17, 15) is 9.90 Å². The predicted molar refractivity (Wildman–Crippen MR) is 79.2 cm³/mol. The Balaban J connectivity index is 1.47. The molecule has 0 bridgehead atoms. The average molecular weight is 279 g/mol. The van der Waals surface area contributed by atoms with Crippen LogP contribution in [0.5, 0.6) is 0 Å². The van der Waals surface area contributed by atoms with Crippen LogP contribution in [0.2, 0.25) is 0 Å². The van der Waals surface area contributed by atoms with Crippen LogP contribution in [0.4, 0.5) is 0 Å². The Morgan fingerprint density at radius 1 is 0.850 bits per heavy atom.